The summed E-state index contributed by atoms with van der Waals surface area (Å²) in [6.45, 7) is 1.85. The Balaban J connectivity index is 1.74. The first kappa shape index (κ1) is 15.5. The van der Waals surface area contributed by atoms with Crippen LogP contribution in [-0.2, 0) is 19.4 Å². The van der Waals surface area contributed by atoms with Gasteiger partial charge in [-0.2, -0.15) is 0 Å². The highest BCUT2D eigenvalue weighted by Gasteiger charge is 2.35. The molecular formula is C17H19F3N4. The number of halogens is 3. The van der Waals surface area contributed by atoms with Crippen LogP contribution in [-0.4, -0.2) is 29.2 Å². The number of aromatic nitrogens is 2. The minimum atomic E-state index is -1.18. The van der Waals surface area contributed by atoms with Crippen molar-refractivity contribution >= 4 is 5.95 Å². The molecule has 4 rings (SSSR count). The highest BCUT2D eigenvalue weighted by molar-refractivity contribution is 5.41. The van der Waals surface area contributed by atoms with E-state index in [0.717, 1.165) is 42.9 Å². The van der Waals surface area contributed by atoms with Gasteiger partial charge in [-0.05, 0) is 18.1 Å². The highest BCUT2D eigenvalue weighted by atomic mass is 19.2. The summed E-state index contributed by atoms with van der Waals surface area (Å²) in [4.78, 5) is 6.79. The maximum absolute atomic E-state index is 14.2. The lowest BCUT2D eigenvalue weighted by molar-refractivity contribution is 0.438. The molecule has 1 aromatic carbocycles. The molecule has 0 spiro atoms. The van der Waals surface area contributed by atoms with Crippen molar-refractivity contribution in [3.63, 3.8) is 0 Å². The molecule has 1 aliphatic carbocycles. The Labute approximate surface area is 138 Å². The lowest BCUT2D eigenvalue weighted by Gasteiger charge is -2.31. The van der Waals surface area contributed by atoms with Crippen molar-refractivity contribution in [3.05, 3.63) is 46.5 Å². The first-order valence-corrected chi connectivity index (χ1v) is 8.15. The fraction of sp³-hybridized carbons (Fsp3) is 0.471. The van der Waals surface area contributed by atoms with E-state index in [-0.39, 0.29) is 11.6 Å². The van der Waals surface area contributed by atoms with Gasteiger partial charge in [0.05, 0.1) is 5.69 Å². The number of fused-ring (bicyclic) bond motifs is 3. The molecule has 128 valence electrons. The van der Waals surface area contributed by atoms with Crippen molar-refractivity contribution in [1.29, 1.82) is 0 Å². The van der Waals surface area contributed by atoms with E-state index >= 15 is 0 Å². The summed E-state index contributed by atoms with van der Waals surface area (Å²) in [5.41, 5.74) is 8.37. The maximum atomic E-state index is 14.2. The molecule has 2 unspecified atom stereocenters. The van der Waals surface area contributed by atoms with Gasteiger partial charge in [0.15, 0.2) is 11.6 Å². The van der Waals surface area contributed by atoms with Crippen LogP contribution >= 0.6 is 0 Å². The normalized spacial score (nSPS) is 23.1. The summed E-state index contributed by atoms with van der Waals surface area (Å²) in [5, 5.41) is 0. The molecule has 0 saturated heterocycles. The Morgan fingerprint density at radius 3 is 2.62 bits per heavy atom. The summed E-state index contributed by atoms with van der Waals surface area (Å²) in [6.07, 6.45) is 2.04. The van der Waals surface area contributed by atoms with Gasteiger partial charge < -0.3 is 15.2 Å². The third-order valence-corrected chi connectivity index (χ3v) is 5.15. The smallest absolute Gasteiger partial charge is 0.205 e. The van der Waals surface area contributed by atoms with Gasteiger partial charge in [-0.3, -0.25) is 0 Å². The Kier molecular flexibility index (Phi) is 3.56. The molecule has 0 saturated carbocycles. The lowest BCUT2D eigenvalue weighted by atomic mass is 9.80. The zero-order chi connectivity index (χ0) is 17.0. The van der Waals surface area contributed by atoms with E-state index in [9.17, 15) is 13.2 Å². The molecule has 0 amide bonds. The summed E-state index contributed by atoms with van der Waals surface area (Å²) < 4.78 is 43.1. The van der Waals surface area contributed by atoms with Crippen LogP contribution in [0.3, 0.4) is 0 Å². The quantitative estimate of drug-likeness (QED) is 0.813. The second-order valence-electron chi connectivity index (χ2n) is 6.70. The first-order valence-electron chi connectivity index (χ1n) is 8.15. The van der Waals surface area contributed by atoms with E-state index in [1.54, 1.807) is 0 Å². The number of imidazole rings is 1. The second-order valence-corrected chi connectivity index (χ2v) is 6.70. The number of nitrogens with zero attached hydrogens (tertiary/aromatic N) is 3. The summed E-state index contributed by atoms with van der Waals surface area (Å²) in [5.74, 6) is -2.48. The summed E-state index contributed by atoms with van der Waals surface area (Å²) >= 11 is 0. The van der Waals surface area contributed by atoms with Crippen LogP contribution < -0.4 is 10.6 Å². The molecule has 2 heterocycles. The number of nitrogens with two attached hydrogens (primary N) is 1. The van der Waals surface area contributed by atoms with Crippen LogP contribution in [0.4, 0.5) is 19.1 Å². The van der Waals surface area contributed by atoms with E-state index in [4.69, 9.17) is 10.7 Å². The van der Waals surface area contributed by atoms with Crippen molar-refractivity contribution in [1.82, 2.24) is 9.55 Å². The summed E-state index contributed by atoms with van der Waals surface area (Å²) in [7, 11) is 2.00. The minimum absolute atomic E-state index is 0.131. The third kappa shape index (κ3) is 2.30. The molecule has 1 aromatic heterocycles. The van der Waals surface area contributed by atoms with Crippen molar-refractivity contribution in [2.45, 2.75) is 37.8 Å². The van der Waals surface area contributed by atoms with Gasteiger partial charge in [-0.15, -0.1) is 0 Å². The van der Waals surface area contributed by atoms with Gasteiger partial charge in [0, 0.05) is 56.7 Å². The first-order chi connectivity index (χ1) is 11.5. The lowest BCUT2D eigenvalue weighted by Crippen LogP contribution is -2.37. The fourth-order valence-corrected chi connectivity index (χ4v) is 3.89. The minimum Gasteiger partial charge on any atom is -0.345 e. The van der Waals surface area contributed by atoms with Crippen molar-refractivity contribution < 1.29 is 13.2 Å². The second kappa shape index (κ2) is 5.51. The predicted molar refractivity (Wildman–Crippen MR) is 84.6 cm³/mol. The molecule has 0 radical (unpaired) electrons. The number of rotatable bonds is 1. The van der Waals surface area contributed by atoms with Gasteiger partial charge in [0.2, 0.25) is 5.95 Å². The average Bonchev–Trinajstić information content (AvgIpc) is 2.90. The van der Waals surface area contributed by atoms with Crippen LogP contribution in [0.2, 0.25) is 0 Å². The molecular weight excluding hydrogens is 317 g/mol. The summed E-state index contributed by atoms with van der Waals surface area (Å²) in [6, 6.07) is 1.17. The van der Waals surface area contributed by atoms with Gasteiger partial charge in [-0.25, -0.2) is 18.2 Å². The Hall–Kier alpha value is -2.02. The monoisotopic (exact) mass is 336 g/mol. The average molecular weight is 336 g/mol. The molecule has 4 nitrogen and oxygen atoms in total. The molecule has 0 bridgehead atoms. The zero-order valence-corrected chi connectivity index (χ0v) is 13.4. The molecule has 2 aromatic rings. The molecule has 2 atom stereocenters. The number of benzene rings is 1. The number of hydrogen-bond donors (Lipinski definition) is 1. The third-order valence-electron chi connectivity index (χ3n) is 5.15. The van der Waals surface area contributed by atoms with Crippen LogP contribution in [0.5, 0.6) is 0 Å². The van der Waals surface area contributed by atoms with Crippen molar-refractivity contribution in [2.75, 3.05) is 18.5 Å². The molecule has 0 fully saturated rings. The molecule has 2 aliphatic rings. The highest BCUT2D eigenvalue weighted by Crippen LogP contribution is 2.36. The largest absolute Gasteiger partial charge is 0.345 e. The standard InChI is InChI=1S/C17H19F3N4/c1-23-3-2-4-24-16-8-14(21)10(6-15(16)22-17(23)24)9-5-12(19)13(20)7-11(9)18/h5,7,10,14H,2-4,6,8,21H2,1H3. The molecule has 2 N–H and O–H groups in total. The zero-order valence-electron chi connectivity index (χ0n) is 13.4. The number of hydrogen-bond acceptors (Lipinski definition) is 3. The van der Waals surface area contributed by atoms with Gasteiger partial charge in [0.25, 0.3) is 0 Å². The molecule has 1 aliphatic heterocycles. The Morgan fingerprint density at radius 1 is 1.08 bits per heavy atom. The van der Waals surface area contributed by atoms with Crippen LogP contribution in [0, 0.1) is 17.5 Å². The van der Waals surface area contributed by atoms with E-state index in [1.165, 1.54) is 0 Å². The Bertz CT molecular complexity index is 802. The SMILES string of the molecule is CN1CCCn2c1nc1c2CC(N)C(c2cc(F)c(F)cc2F)C1. The fourth-order valence-electron chi connectivity index (χ4n) is 3.89. The number of anilines is 1. The van der Waals surface area contributed by atoms with E-state index in [2.05, 4.69) is 9.47 Å². The van der Waals surface area contributed by atoms with Crippen LogP contribution in [0.25, 0.3) is 0 Å². The van der Waals surface area contributed by atoms with Gasteiger partial charge in [0.1, 0.15) is 5.82 Å². The van der Waals surface area contributed by atoms with Gasteiger partial charge >= 0.3 is 0 Å². The van der Waals surface area contributed by atoms with Crippen LogP contribution in [0.1, 0.15) is 29.3 Å². The van der Waals surface area contributed by atoms with Gasteiger partial charge in [-0.1, -0.05) is 0 Å². The predicted octanol–water partition coefficient (Wildman–Crippen LogP) is 2.35. The van der Waals surface area contributed by atoms with Crippen molar-refractivity contribution in [2.24, 2.45) is 5.73 Å². The Morgan fingerprint density at radius 2 is 1.83 bits per heavy atom. The maximum Gasteiger partial charge on any atom is 0.205 e. The molecule has 7 heteroatoms. The van der Waals surface area contributed by atoms with Crippen LogP contribution in [0.15, 0.2) is 12.1 Å². The molecule has 24 heavy (non-hydrogen) atoms. The van der Waals surface area contributed by atoms with E-state index in [1.807, 2.05) is 7.05 Å². The van der Waals surface area contributed by atoms with E-state index in [0.29, 0.717) is 18.9 Å². The van der Waals surface area contributed by atoms with Crippen molar-refractivity contribution in [3.8, 4) is 0 Å². The topological polar surface area (TPSA) is 47.1 Å². The van der Waals surface area contributed by atoms with E-state index < -0.39 is 23.4 Å².